The topological polar surface area (TPSA) is 41.5 Å². The molecule has 2 unspecified atom stereocenters. The number of alkyl halides is 3. The lowest BCUT2D eigenvalue weighted by molar-refractivity contribution is -0.274. The van der Waals surface area contributed by atoms with E-state index in [1.165, 1.54) is 6.07 Å². The number of piperidine rings is 1. The molecule has 116 valence electrons. The van der Waals surface area contributed by atoms with Crippen LogP contribution in [0.3, 0.4) is 0 Å². The van der Waals surface area contributed by atoms with E-state index in [4.69, 9.17) is 0 Å². The summed E-state index contributed by atoms with van der Waals surface area (Å²) in [7, 11) is 0. The highest BCUT2D eigenvalue weighted by Gasteiger charge is 2.44. The van der Waals surface area contributed by atoms with Crippen LogP contribution in [0.25, 0.3) is 0 Å². The second kappa shape index (κ2) is 4.84. The van der Waals surface area contributed by atoms with Crippen LogP contribution >= 0.6 is 0 Å². The summed E-state index contributed by atoms with van der Waals surface area (Å²) >= 11 is 0. The molecule has 2 N–H and O–H groups in total. The molecule has 3 nitrogen and oxygen atoms in total. The average Bonchev–Trinajstić information content (AvgIpc) is 2.67. The fourth-order valence-corrected chi connectivity index (χ4v) is 3.41. The van der Waals surface area contributed by atoms with Crippen molar-refractivity contribution in [2.24, 2.45) is 0 Å². The molecule has 2 aliphatic rings. The SMILES string of the molecule is OC1(c2ccc(OC(F)(F)F)cc2F)CC2CCC(C1)N2. The minimum Gasteiger partial charge on any atom is -0.406 e. The van der Waals surface area contributed by atoms with Gasteiger partial charge in [-0.05, 0) is 37.8 Å². The van der Waals surface area contributed by atoms with Gasteiger partial charge in [0.1, 0.15) is 11.6 Å². The largest absolute Gasteiger partial charge is 0.573 e. The van der Waals surface area contributed by atoms with Crippen LogP contribution in [-0.4, -0.2) is 23.6 Å². The van der Waals surface area contributed by atoms with E-state index < -0.39 is 23.5 Å². The fourth-order valence-electron chi connectivity index (χ4n) is 3.41. The van der Waals surface area contributed by atoms with Crippen molar-refractivity contribution in [3.63, 3.8) is 0 Å². The first-order valence-electron chi connectivity index (χ1n) is 6.79. The van der Waals surface area contributed by atoms with Gasteiger partial charge in [-0.15, -0.1) is 13.2 Å². The maximum atomic E-state index is 14.1. The monoisotopic (exact) mass is 305 g/mol. The van der Waals surface area contributed by atoms with E-state index in [-0.39, 0.29) is 17.6 Å². The molecule has 2 saturated heterocycles. The van der Waals surface area contributed by atoms with Gasteiger partial charge in [-0.25, -0.2) is 4.39 Å². The second-order valence-electron chi connectivity index (χ2n) is 5.77. The molecule has 0 spiro atoms. The predicted molar refractivity (Wildman–Crippen MR) is 66.2 cm³/mol. The first-order chi connectivity index (χ1) is 9.75. The van der Waals surface area contributed by atoms with Gasteiger partial charge in [-0.2, -0.15) is 0 Å². The van der Waals surface area contributed by atoms with E-state index in [0.717, 1.165) is 18.9 Å². The number of nitrogens with one attached hydrogen (secondary N) is 1. The normalized spacial score (nSPS) is 32.2. The van der Waals surface area contributed by atoms with Gasteiger partial charge in [-0.1, -0.05) is 0 Å². The highest BCUT2D eigenvalue weighted by Crippen LogP contribution is 2.42. The Kier molecular flexibility index (Phi) is 3.37. The number of aliphatic hydroxyl groups is 1. The summed E-state index contributed by atoms with van der Waals surface area (Å²) in [6.45, 7) is 0. The molecule has 3 rings (SSSR count). The van der Waals surface area contributed by atoms with Crippen LogP contribution in [0.1, 0.15) is 31.2 Å². The summed E-state index contributed by atoms with van der Waals surface area (Å²) in [4.78, 5) is 0. The van der Waals surface area contributed by atoms with Crippen molar-refractivity contribution in [3.05, 3.63) is 29.6 Å². The molecule has 7 heteroatoms. The summed E-state index contributed by atoms with van der Waals surface area (Å²) in [5.74, 6) is -1.50. The van der Waals surface area contributed by atoms with Gasteiger partial charge < -0.3 is 15.2 Å². The minimum atomic E-state index is -4.86. The van der Waals surface area contributed by atoms with E-state index >= 15 is 0 Å². The first-order valence-corrected chi connectivity index (χ1v) is 6.79. The average molecular weight is 305 g/mol. The highest BCUT2D eigenvalue weighted by molar-refractivity contribution is 5.33. The zero-order valence-corrected chi connectivity index (χ0v) is 11.1. The number of hydrogen-bond acceptors (Lipinski definition) is 3. The molecule has 1 aromatic rings. The maximum absolute atomic E-state index is 14.1. The van der Waals surface area contributed by atoms with Gasteiger partial charge in [0.25, 0.3) is 0 Å². The zero-order valence-electron chi connectivity index (χ0n) is 11.1. The Morgan fingerprint density at radius 2 is 1.81 bits per heavy atom. The third-order valence-electron chi connectivity index (χ3n) is 4.18. The van der Waals surface area contributed by atoms with E-state index in [0.29, 0.717) is 18.9 Å². The lowest BCUT2D eigenvalue weighted by atomic mass is 9.81. The number of hydrogen-bond donors (Lipinski definition) is 2. The Labute approximate surface area is 118 Å². The van der Waals surface area contributed by atoms with Gasteiger partial charge in [0.15, 0.2) is 0 Å². The number of fused-ring (bicyclic) bond motifs is 2. The molecule has 0 saturated carbocycles. The van der Waals surface area contributed by atoms with Crippen LogP contribution in [0.4, 0.5) is 17.6 Å². The van der Waals surface area contributed by atoms with Crippen LogP contribution in [0, 0.1) is 5.82 Å². The van der Waals surface area contributed by atoms with E-state index in [1.54, 1.807) is 0 Å². The van der Waals surface area contributed by atoms with E-state index in [2.05, 4.69) is 10.1 Å². The van der Waals surface area contributed by atoms with Crippen LogP contribution in [0.5, 0.6) is 5.75 Å². The molecule has 2 heterocycles. The van der Waals surface area contributed by atoms with Crippen molar-refractivity contribution in [3.8, 4) is 5.75 Å². The highest BCUT2D eigenvalue weighted by atomic mass is 19.4. The van der Waals surface area contributed by atoms with Crippen molar-refractivity contribution in [1.82, 2.24) is 5.32 Å². The molecule has 21 heavy (non-hydrogen) atoms. The molecule has 2 fully saturated rings. The molecular weight excluding hydrogens is 290 g/mol. The standard InChI is InChI=1S/C14H15F4NO2/c15-12-5-10(21-14(16,17)18)3-4-11(12)13(20)6-8-1-2-9(7-13)19-8/h3-5,8-9,19-20H,1-2,6-7H2. The van der Waals surface area contributed by atoms with Crippen LogP contribution in [-0.2, 0) is 5.60 Å². The van der Waals surface area contributed by atoms with Crippen LogP contribution in [0.15, 0.2) is 18.2 Å². The summed E-state index contributed by atoms with van der Waals surface area (Å²) in [6.07, 6.45) is -2.30. The maximum Gasteiger partial charge on any atom is 0.573 e. The van der Waals surface area contributed by atoms with Crippen molar-refractivity contribution in [1.29, 1.82) is 0 Å². The Balaban J connectivity index is 1.85. The van der Waals surface area contributed by atoms with Crippen molar-refractivity contribution >= 4 is 0 Å². The Bertz CT molecular complexity index is 534. The minimum absolute atomic E-state index is 0.0374. The molecular formula is C14H15F4NO2. The summed E-state index contributed by atoms with van der Waals surface area (Å²) < 4.78 is 54.1. The molecule has 2 aliphatic heterocycles. The Morgan fingerprint density at radius 3 is 2.33 bits per heavy atom. The van der Waals surface area contributed by atoms with Gasteiger partial charge >= 0.3 is 6.36 Å². The number of benzene rings is 1. The van der Waals surface area contributed by atoms with Crippen molar-refractivity contribution in [2.45, 2.75) is 49.7 Å². The smallest absolute Gasteiger partial charge is 0.406 e. The van der Waals surface area contributed by atoms with E-state index in [9.17, 15) is 22.7 Å². The Hall–Kier alpha value is -1.34. The molecule has 0 aromatic heterocycles. The quantitative estimate of drug-likeness (QED) is 0.826. The zero-order chi connectivity index (χ0) is 15.3. The molecule has 2 atom stereocenters. The van der Waals surface area contributed by atoms with Gasteiger partial charge in [-0.3, -0.25) is 0 Å². The molecule has 1 aromatic carbocycles. The molecule has 0 aliphatic carbocycles. The Morgan fingerprint density at radius 1 is 1.19 bits per heavy atom. The summed E-state index contributed by atoms with van der Waals surface area (Å²) in [5.41, 5.74) is -1.30. The van der Waals surface area contributed by atoms with E-state index in [1.807, 2.05) is 0 Å². The first kappa shape index (κ1) is 14.6. The van der Waals surface area contributed by atoms with Crippen molar-refractivity contribution in [2.75, 3.05) is 0 Å². The van der Waals surface area contributed by atoms with Gasteiger partial charge in [0.2, 0.25) is 0 Å². The van der Waals surface area contributed by atoms with Crippen LogP contribution in [0.2, 0.25) is 0 Å². The van der Waals surface area contributed by atoms with Crippen molar-refractivity contribution < 1.29 is 27.4 Å². The number of ether oxygens (including phenoxy) is 1. The summed E-state index contributed by atoms with van der Waals surface area (Å²) in [5, 5.41) is 14.0. The number of rotatable bonds is 2. The van der Waals surface area contributed by atoms with Crippen LogP contribution < -0.4 is 10.1 Å². The lowest BCUT2D eigenvalue weighted by Gasteiger charge is -2.37. The van der Waals surface area contributed by atoms with Gasteiger partial charge in [0, 0.05) is 23.7 Å². The fraction of sp³-hybridized carbons (Fsp3) is 0.571. The number of halogens is 4. The third kappa shape index (κ3) is 2.98. The summed E-state index contributed by atoms with van der Waals surface area (Å²) in [6, 6.07) is 3.14. The predicted octanol–water partition coefficient (Wildman–Crippen LogP) is 2.83. The van der Waals surface area contributed by atoms with Gasteiger partial charge in [0.05, 0.1) is 5.60 Å². The third-order valence-corrected chi connectivity index (χ3v) is 4.18. The molecule has 0 amide bonds. The molecule has 2 bridgehead atoms. The molecule has 0 radical (unpaired) electrons. The second-order valence-corrected chi connectivity index (χ2v) is 5.77. The lowest BCUT2D eigenvalue weighted by Crippen LogP contribution is -2.47.